The number of anilines is 1. The van der Waals surface area contributed by atoms with Crippen LogP contribution in [0.15, 0.2) is 78.9 Å². The lowest BCUT2D eigenvalue weighted by atomic mass is 10.1. The highest BCUT2D eigenvalue weighted by atomic mass is 16.5. The van der Waals surface area contributed by atoms with E-state index in [9.17, 15) is 14.4 Å². The first-order valence-electron chi connectivity index (χ1n) is 13.1. The van der Waals surface area contributed by atoms with Gasteiger partial charge in [0.15, 0.2) is 0 Å². The number of benzene rings is 3. The molecular formula is C30H34N4O4. The normalized spacial score (nSPS) is 13.4. The van der Waals surface area contributed by atoms with Gasteiger partial charge in [-0.1, -0.05) is 55.5 Å². The van der Waals surface area contributed by atoms with Crippen LogP contribution < -0.4 is 20.7 Å². The van der Waals surface area contributed by atoms with E-state index < -0.39 is 0 Å². The van der Waals surface area contributed by atoms with E-state index in [1.54, 1.807) is 23.1 Å². The molecule has 8 nitrogen and oxygen atoms in total. The third-order valence-electron chi connectivity index (χ3n) is 6.37. The molecule has 3 N–H and O–H groups in total. The highest BCUT2D eigenvalue weighted by Gasteiger charge is 2.25. The summed E-state index contributed by atoms with van der Waals surface area (Å²) in [4.78, 5) is 40.5. The maximum atomic E-state index is 13.2. The zero-order valence-electron chi connectivity index (χ0n) is 21.6. The van der Waals surface area contributed by atoms with Gasteiger partial charge in [-0.25, -0.2) is 4.79 Å². The van der Waals surface area contributed by atoms with E-state index in [-0.39, 0.29) is 23.9 Å². The van der Waals surface area contributed by atoms with Gasteiger partial charge in [0.05, 0.1) is 11.3 Å². The van der Waals surface area contributed by atoms with Crippen LogP contribution in [0.5, 0.6) is 5.75 Å². The standard InChI is InChI=1S/C30H34N4O4/c1-2-17-31-29(36)26-14-13-23(28(35)32-21-22-9-5-3-6-10-22)20-27(26)33-30(37)34-18-15-25(16-19-34)38-24-11-7-4-8-12-24/h3-14,20,25H,2,15-19,21H2,1H3,(H,31,36)(H,32,35)(H,33,37). The molecule has 1 aliphatic rings. The van der Waals surface area contributed by atoms with Crippen LogP contribution in [0.25, 0.3) is 0 Å². The van der Waals surface area contributed by atoms with Crippen LogP contribution in [0.2, 0.25) is 0 Å². The molecule has 0 radical (unpaired) electrons. The monoisotopic (exact) mass is 514 g/mol. The minimum Gasteiger partial charge on any atom is -0.490 e. The second-order valence-electron chi connectivity index (χ2n) is 9.23. The summed E-state index contributed by atoms with van der Waals surface area (Å²) in [7, 11) is 0. The Hall–Kier alpha value is -4.33. The van der Waals surface area contributed by atoms with Crippen molar-refractivity contribution in [1.29, 1.82) is 0 Å². The van der Waals surface area contributed by atoms with Crippen LogP contribution in [0.1, 0.15) is 52.5 Å². The Bertz CT molecular complexity index is 1230. The topological polar surface area (TPSA) is 99.8 Å². The predicted molar refractivity (Wildman–Crippen MR) is 147 cm³/mol. The molecule has 0 aromatic heterocycles. The lowest BCUT2D eigenvalue weighted by Crippen LogP contribution is -2.44. The number of para-hydroxylation sites is 1. The van der Waals surface area contributed by atoms with Gasteiger partial charge >= 0.3 is 6.03 Å². The number of carbonyl (C=O) groups excluding carboxylic acids is 3. The molecular weight excluding hydrogens is 480 g/mol. The summed E-state index contributed by atoms with van der Waals surface area (Å²) in [6.45, 7) is 3.91. The number of carbonyl (C=O) groups is 3. The predicted octanol–water partition coefficient (Wildman–Crippen LogP) is 4.83. The summed E-state index contributed by atoms with van der Waals surface area (Å²) in [5, 5.41) is 8.61. The van der Waals surface area contributed by atoms with Crippen LogP contribution in [0.4, 0.5) is 10.5 Å². The molecule has 0 bridgehead atoms. The molecule has 8 heteroatoms. The van der Waals surface area contributed by atoms with Gasteiger partial charge in [0.25, 0.3) is 11.8 Å². The van der Waals surface area contributed by atoms with Crippen molar-refractivity contribution in [3.8, 4) is 5.75 Å². The Morgan fingerprint density at radius 2 is 1.55 bits per heavy atom. The number of hydrogen-bond acceptors (Lipinski definition) is 4. The van der Waals surface area contributed by atoms with E-state index in [2.05, 4.69) is 16.0 Å². The molecule has 0 unspecified atom stereocenters. The summed E-state index contributed by atoms with van der Waals surface area (Å²) < 4.78 is 6.03. The van der Waals surface area contributed by atoms with Crippen LogP contribution in [-0.2, 0) is 6.54 Å². The fourth-order valence-electron chi connectivity index (χ4n) is 4.26. The van der Waals surface area contributed by atoms with Gasteiger partial charge in [-0.3, -0.25) is 9.59 Å². The Morgan fingerprint density at radius 1 is 0.868 bits per heavy atom. The van der Waals surface area contributed by atoms with Crippen molar-refractivity contribution in [2.45, 2.75) is 38.8 Å². The summed E-state index contributed by atoms with van der Waals surface area (Å²) in [6.07, 6.45) is 2.23. The second-order valence-corrected chi connectivity index (χ2v) is 9.23. The van der Waals surface area contributed by atoms with Crippen molar-refractivity contribution >= 4 is 23.5 Å². The highest BCUT2D eigenvalue weighted by molar-refractivity contribution is 6.05. The summed E-state index contributed by atoms with van der Waals surface area (Å²) in [5.41, 5.74) is 1.95. The fraction of sp³-hybridized carbons (Fsp3) is 0.300. The highest BCUT2D eigenvalue weighted by Crippen LogP contribution is 2.22. The number of ether oxygens (including phenoxy) is 1. The first-order valence-corrected chi connectivity index (χ1v) is 13.1. The molecule has 0 aliphatic carbocycles. The van der Waals surface area contributed by atoms with Crippen LogP contribution in [0, 0.1) is 0 Å². The Morgan fingerprint density at radius 3 is 2.24 bits per heavy atom. The third-order valence-corrected chi connectivity index (χ3v) is 6.37. The SMILES string of the molecule is CCCNC(=O)c1ccc(C(=O)NCc2ccccc2)cc1NC(=O)N1CCC(Oc2ccccc2)CC1. The van der Waals surface area contributed by atoms with Crippen LogP contribution in [-0.4, -0.2) is 48.5 Å². The van der Waals surface area contributed by atoms with E-state index in [4.69, 9.17) is 4.74 Å². The third kappa shape index (κ3) is 7.35. The van der Waals surface area contributed by atoms with Crippen molar-refractivity contribution in [1.82, 2.24) is 15.5 Å². The van der Waals surface area contributed by atoms with Crippen molar-refractivity contribution < 1.29 is 19.1 Å². The molecule has 0 spiro atoms. The number of nitrogens with one attached hydrogen (secondary N) is 3. The zero-order valence-corrected chi connectivity index (χ0v) is 21.6. The number of urea groups is 1. The van der Waals surface area contributed by atoms with E-state index >= 15 is 0 Å². The molecule has 4 rings (SSSR count). The van der Waals surface area contributed by atoms with E-state index in [0.29, 0.717) is 55.8 Å². The molecule has 0 saturated carbocycles. The summed E-state index contributed by atoms with van der Waals surface area (Å²) >= 11 is 0. The van der Waals surface area contributed by atoms with E-state index in [1.807, 2.05) is 67.6 Å². The zero-order chi connectivity index (χ0) is 26.7. The molecule has 3 aromatic rings. The van der Waals surface area contributed by atoms with Gasteiger partial charge in [0.1, 0.15) is 11.9 Å². The van der Waals surface area contributed by atoms with Crippen LogP contribution in [0.3, 0.4) is 0 Å². The van der Waals surface area contributed by atoms with E-state index in [1.165, 1.54) is 0 Å². The first kappa shape index (κ1) is 26.7. The Kier molecular flexibility index (Phi) is 9.34. The number of amides is 4. The average Bonchev–Trinajstić information content (AvgIpc) is 2.96. The summed E-state index contributed by atoms with van der Waals surface area (Å²) in [6, 6.07) is 23.7. The number of rotatable bonds is 9. The maximum Gasteiger partial charge on any atom is 0.321 e. The molecule has 0 atom stereocenters. The van der Waals surface area contributed by atoms with Crippen molar-refractivity contribution in [2.24, 2.45) is 0 Å². The van der Waals surface area contributed by atoms with Gasteiger partial charge in [0.2, 0.25) is 0 Å². The Balaban J connectivity index is 1.42. The second kappa shape index (κ2) is 13.3. The Labute approximate surface area is 223 Å². The number of nitrogens with zero attached hydrogens (tertiary/aromatic N) is 1. The van der Waals surface area contributed by atoms with E-state index in [0.717, 1.165) is 17.7 Å². The molecule has 1 heterocycles. The molecule has 198 valence electrons. The number of likely N-dealkylation sites (tertiary alicyclic amines) is 1. The van der Waals surface area contributed by atoms with Gasteiger partial charge in [-0.05, 0) is 42.3 Å². The minimum absolute atomic E-state index is 0.0356. The van der Waals surface area contributed by atoms with Gasteiger partial charge in [-0.2, -0.15) is 0 Å². The quantitative estimate of drug-likeness (QED) is 0.381. The van der Waals surface area contributed by atoms with Crippen molar-refractivity contribution in [2.75, 3.05) is 25.0 Å². The average molecular weight is 515 g/mol. The largest absolute Gasteiger partial charge is 0.490 e. The molecule has 1 aliphatic heterocycles. The molecule has 38 heavy (non-hydrogen) atoms. The molecule has 4 amide bonds. The van der Waals surface area contributed by atoms with Crippen molar-refractivity contribution in [3.05, 3.63) is 95.6 Å². The van der Waals surface area contributed by atoms with Gasteiger partial charge < -0.3 is 25.6 Å². The molecule has 3 aromatic carbocycles. The van der Waals surface area contributed by atoms with Gasteiger partial charge in [0, 0.05) is 44.6 Å². The fourth-order valence-corrected chi connectivity index (χ4v) is 4.26. The first-order chi connectivity index (χ1) is 18.5. The lowest BCUT2D eigenvalue weighted by Gasteiger charge is -2.32. The molecule has 1 saturated heterocycles. The summed E-state index contributed by atoms with van der Waals surface area (Å²) in [5.74, 6) is 0.234. The number of piperidine rings is 1. The van der Waals surface area contributed by atoms with Gasteiger partial charge in [-0.15, -0.1) is 0 Å². The van der Waals surface area contributed by atoms with Crippen molar-refractivity contribution in [3.63, 3.8) is 0 Å². The number of hydrogen-bond donors (Lipinski definition) is 3. The molecule has 1 fully saturated rings. The maximum absolute atomic E-state index is 13.2. The smallest absolute Gasteiger partial charge is 0.321 e. The van der Waals surface area contributed by atoms with Crippen LogP contribution >= 0.6 is 0 Å². The lowest BCUT2D eigenvalue weighted by molar-refractivity contribution is 0.0940. The minimum atomic E-state index is -0.311.